The lowest BCUT2D eigenvalue weighted by molar-refractivity contribution is -0.384. The molecule has 0 atom stereocenters. The van der Waals surface area contributed by atoms with Crippen LogP contribution in [0.1, 0.15) is 16.3 Å². The predicted molar refractivity (Wildman–Crippen MR) is 115 cm³/mol. The Morgan fingerprint density at radius 1 is 1.06 bits per heavy atom. The second kappa shape index (κ2) is 9.36. The topological polar surface area (TPSA) is 157 Å². The Morgan fingerprint density at radius 2 is 1.73 bits per heavy atom. The van der Waals surface area contributed by atoms with Gasteiger partial charge in [-0.1, -0.05) is 0 Å². The zero-order valence-electron chi connectivity index (χ0n) is 17.0. The van der Waals surface area contributed by atoms with Gasteiger partial charge in [0.1, 0.15) is 5.69 Å². The molecule has 0 bridgehead atoms. The number of nitrogens with zero attached hydrogens (tertiary/aromatic N) is 3. The Balaban J connectivity index is 1.67. The standard InChI is InChI=1S/C20H18N4O8S/c25-20(18-4-2-10-32-18)19(17-3-1-9-31-17)22-21-15-6-5-14(13-16(15)24(26)27)33(28,29)23-7-11-30-12-8-23/h1-6,9-10,13,21H,7-8,11-12H2. The summed E-state index contributed by atoms with van der Waals surface area (Å²) < 4.78 is 42.4. The summed E-state index contributed by atoms with van der Waals surface area (Å²) in [6.45, 7) is 0.799. The van der Waals surface area contributed by atoms with Gasteiger partial charge in [-0.05, 0) is 36.4 Å². The first-order valence-electron chi connectivity index (χ1n) is 9.70. The first-order valence-corrected chi connectivity index (χ1v) is 11.1. The molecule has 3 aromatic rings. The van der Waals surface area contributed by atoms with E-state index < -0.39 is 26.4 Å². The molecule has 1 aliphatic heterocycles. The van der Waals surface area contributed by atoms with Gasteiger partial charge in [-0.25, -0.2) is 8.42 Å². The fraction of sp³-hybridized carbons (Fsp3) is 0.200. The van der Waals surface area contributed by atoms with Crippen molar-refractivity contribution in [3.63, 3.8) is 0 Å². The molecule has 1 fully saturated rings. The lowest BCUT2D eigenvalue weighted by atomic mass is 10.1. The zero-order valence-corrected chi connectivity index (χ0v) is 17.9. The van der Waals surface area contributed by atoms with Crippen LogP contribution in [0.2, 0.25) is 0 Å². The van der Waals surface area contributed by atoms with Crippen LogP contribution in [-0.2, 0) is 14.8 Å². The number of sulfonamides is 1. The van der Waals surface area contributed by atoms with E-state index in [9.17, 15) is 23.3 Å². The third-order valence-corrected chi connectivity index (χ3v) is 6.67. The highest BCUT2D eigenvalue weighted by Gasteiger charge is 2.29. The second-order valence-corrected chi connectivity index (χ2v) is 8.75. The molecule has 0 spiro atoms. The van der Waals surface area contributed by atoms with Crippen molar-refractivity contribution in [3.05, 3.63) is 76.6 Å². The van der Waals surface area contributed by atoms with Gasteiger partial charge in [0, 0.05) is 19.2 Å². The average Bonchev–Trinajstić information content (AvgIpc) is 3.54. The normalized spacial score (nSPS) is 15.3. The summed E-state index contributed by atoms with van der Waals surface area (Å²) in [5.74, 6) is -0.511. The molecule has 4 rings (SSSR count). The van der Waals surface area contributed by atoms with Crippen molar-refractivity contribution >= 4 is 32.9 Å². The molecule has 1 N–H and O–H groups in total. The third-order valence-electron chi connectivity index (χ3n) is 4.78. The summed E-state index contributed by atoms with van der Waals surface area (Å²) in [4.78, 5) is 23.4. The number of carbonyl (C=O) groups is 1. The van der Waals surface area contributed by atoms with Crippen molar-refractivity contribution in [2.24, 2.45) is 5.10 Å². The highest BCUT2D eigenvalue weighted by Crippen LogP contribution is 2.29. The van der Waals surface area contributed by atoms with E-state index in [2.05, 4.69) is 10.5 Å². The van der Waals surface area contributed by atoms with E-state index in [1.165, 1.54) is 47.2 Å². The zero-order chi connectivity index (χ0) is 23.4. The fourth-order valence-corrected chi connectivity index (χ4v) is 4.55. The van der Waals surface area contributed by atoms with E-state index in [1.54, 1.807) is 6.07 Å². The summed E-state index contributed by atoms with van der Waals surface area (Å²) in [5.41, 5.74) is 1.65. The molecule has 33 heavy (non-hydrogen) atoms. The summed E-state index contributed by atoms with van der Waals surface area (Å²) in [6.07, 6.45) is 2.66. The number of benzene rings is 1. The van der Waals surface area contributed by atoms with Crippen molar-refractivity contribution in [1.29, 1.82) is 0 Å². The lowest BCUT2D eigenvalue weighted by Gasteiger charge is -2.26. The number of hydrazone groups is 1. The molecular formula is C20H18N4O8S. The quantitative estimate of drug-likeness (QED) is 0.224. The van der Waals surface area contributed by atoms with Crippen LogP contribution in [-0.4, -0.2) is 55.4 Å². The fourth-order valence-electron chi connectivity index (χ4n) is 3.13. The Morgan fingerprint density at radius 3 is 2.33 bits per heavy atom. The van der Waals surface area contributed by atoms with Crippen LogP contribution in [0.4, 0.5) is 11.4 Å². The summed E-state index contributed by atoms with van der Waals surface area (Å²) in [7, 11) is -3.94. The van der Waals surface area contributed by atoms with E-state index >= 15 is 0 Å². The summed E-state index contributed by atoms with van der Waals surface area (Å²) in [6, 6.07) is 9.40. The van der Waals surface area contributed by atoms with Gasteiger partial charge in [0.25, 0.3) is 11.5 Å². The maximum Gasteiger partial charge on any atom is 0.295 e. The molecule has 1 saturated heterocycles. The van der Waals surface area contributed by atoms with E-state index in [0.717, 1.165) is 6.07 Å². The maximum atomic E-state index is 12.8. The predicted octanol–water partition coefficient (Wildman–Crippen LogP) is 2.50. The van der Waals surface area contributed by atoms with Gasteiger partial charge in [0.05, 0.1) is 35.6 Å². The molecule has 1 aromatic carbocycles. The largest absolute Gasteiger partial charge is 0.462 e. The molecular weight excluding hydrogens is 456 g/mol. The SMILES string of the molecule is O=C(C(=NNc1ccc(S(=O)(=O)N2CCOCC2)cc1[N+](=O)[O-])c1ccco1)c1ccco1. The Kier molecular flexibility index (Phi) is 6.35. The van der Waals surface area contributed by atoms with Crippen molar-refractivity contribution in [1.82, 2.24) is 4.31 Å². The number of nitrogens with one attached hydrogen (secondary N) is 1. The molecule has 0 amide bonds. The number of ether oxygens (including phenoxy) is 1. The van der Waals surface area contributed by atoms with Crippen LogP contribution >= 0.6 is 0 Å². The minimum absolute atomic E-state index is 0.00611. The minimum Gasteiger partial charge on any atom is -0.462 e. The third kappa shape index (κ3) is 4.69. The number of rotatable bonds is 8. The number of nitro groups is 1. The number of nitro benzene ring substituents is 1. The Labute approximate surface area is 187 Å². The molecule has 12 nitrogen and oxygen atoms in total. The smallest absolute Gasteiger partial charge is 0.295 e. The van der Waals surface area contributed by atoms with E-state index in [0.29, 0.717) is 0 Å². The van der Waals surface area contributed by atoms with Gasteiger partial charge >= 0.3 is 0 Å². The Bertz CT molecular complexity index is 1280. The maximum absolute atomic E-state index is 12.8. The van der Waals surface area contributed by atoms with E-state index in [1.807, 2.05) is 0 Å². The van der Waals surface area contributed by atoms with Crippen molar-refractivity contribution in [2.45, 2.75) is 4.90 Å². The number of hydrogen-bond acceptors (Lipinski definition) is 10. The second-order valence-electron chi connectivity index (χ2n) is 6.81. The van der Waals surface area contributed by atoms with Crippen LogP contribution in [0.5, 0.6) is 0 Å². The number of morpholine rings is 1. The number of carbonyl (C=O) groups excluding carboxylic acids is 1. The van der Waals surface area contributed by atoms with Gasteiger partial charge < -0.3 is 13.6 Å². The molecule has 0 unspecified atom stereocenters. The number of furan rings is 2. The first-order chi connectivity index (χ1) is 15.9. The number of anilines is 1. The van der Waals surface area contributed by atoms with Gasteiger partial charge in [-0.2, -0.15) is 9.41 Å². The lowest BCUT2D eigenvalue weighted by Crippen LogP contribution is -2.40. The monoisotopic (exact) mass is 474 g/mol. The van der Waals surface area contributed by atoms with Crippen LogP contribution in [0, 0.1) is 10.1 Å². The van der Waals surface area contributed by atoms with E-state index in [4.69, 9.17) is 13.6 Å². The van der Waals surface area contributed by atoms with Gasteiger partial charge in [0.2, 0.25) is 10.0 Å². The number of ketones is 1. The Hall–Kier alpha value is -3.81. The molecule has 2 aromatic heterocycles. The average molecular weight is 474 g/mol. The molecule has 1 aliphatic rings. The molecule has 172 valence electrons. The number of Topliss-reactive ketones (excluding diaryl/α,β-unsaturated/α-hetero) is 1. The van der Waals surface area contributed by atoms with Gasteiger partial charge in [-0.15, -0.1) is 0 Å². The molecule has 13 heteroatoms. The molecule has 3 heterocycles. The summed E-state index contributed by atoms with van der Waals surface area (Å²) in [5, 5.41) is 15.7. The van der Waals surface area contributed by atoms with Crippen molar-refractivity contribution in [2.75, 3.05) is 31.7 Å². The summed E-state index contributed by atoms with van der Waals surface area (Å²) >= 11 is 0. The van der Waals surface area contributed by atoms with Gasteiger partial charge in [0.15, 0.2) is 17.2 Å². The van der Waals surface area contributed by atoms with Crippen LogP contribution < -0.4 is 5.43 Å². The van der Waals surface area contributed by atoms with Crippen molar-refractivity contribution < 1.29 is 31.7 Å². The molecule has 0 aliphatic carbocycles. The van der Waals surface area contributed by atoms with Crippen molar-refractivity contribution in [3.8, 4) is 0 Å². The molecule has 0 saturated carbocycles. The van der Waals surface area contributed by atoms with E-state index in [-0.39, 0.29) is 54.1 Å². The highest BCUT2D eigenvalue weighted by atomic mass is 32.2. The molecule has 0 radical (unpaired) electrons. The first kappa shape index (κ1) is 22.4. The van der Waals surface area contributed by atoms with Crippen LogP contribution in [0.3, 0.4) is 0 Å². The minimum atomic E-state index is -3.94. The highest BCUT2D eigenvalue weighted by molar-refractivity contribution is 7.89. The van der Waals surface area contributed by atoms with Crippen LogP contribution in [0.15, 0.2) is 73.8 Å². The van der Waals surface area contributed by atoms with Gasteiger partial charge in [-0.3, -0.25) is 20.3 Å². The number of hydrogen-bond donors (Lipinski definition) is 1. The van der Waals surface area contributed by atoms with Crippen LogP contribution in [0.25, 0.3) is 0 Å².